The van der Waals surface area contributed by atoms with Crippen molar-refractivity contribution in [2.75, 3.05) is 33.3 Å². The summed E-state index contributed by atoms with van der Waals surface area (Å²) >= 11 is 0. The van der Waals surface area contributed by atoms with Crippen LogP contribution in [0.3, 0.4) is 0 Å². The molecule has 17 heavy (non-hydrogen) atoms. The fourth-order valence-corrected chi connectivity index (χ4v) is 3.48. The summed E-state index contributed by atoms with van der Waals surface area (Å²) in [6.45, 7) is 6.23. The molecule has 1 N–H and O–H groups in total. The second-order valence-corrected chi connectivity index (χ2v) is 5.97. The van der Waals surface area contributed by atoms with Crippen molar-refractivity contribution in [1.82, 2.24) is 9.80 Å². The normalized spacial score (nSPS) is 36.5. The lowest BCUT2D eigenvalue weighted by molar-refractivity contribution is 0.114. The van der Waals surface area contributed by atoms with Gasteiger partial charge in [0.05, 0.1) is 6.61 Å². The Hall–Kier alpha value is -0.120. The maximum absolute atomic E-state index is 9.44. The van der Waals surface area contributed by atoms with Gasteiger partial charge in [0, 0.05) is 18.6 Å². The molecule has 2 rings (SSSR count). The van der Waals surface area contributed by atoms with Gasteiger partial charge in [0.15, 0.2) is 0 Å². The van der Waals surface area contributed by atoms with E-state index in [2.05, 4.69) is 23.8 Å². The molecule has 0 aromatic heterocycles. The van der Waals surface area contributed by atoms with Gasteiger partial charge >= 0.3 is 0 Å². The second-order valence-electron chi connectivity index (χ2n) is 5.97. The summed E-state index contributed by atoms with van der Waals surface area (Å²) in [7, 11) is 2.26. The molecule has 3 unspecified atom stereocenters. The van der Waals surface area contributed by atoms with Gasteiger partial charge in [-0.25, -0.2) is 0 Å². The first-order valence-electron chi connectivity index (χ1n) is 7.27. The van der Waals surface area contributed by atoms with E-state index in [4.69, 9.17) is 0 Å². The summed E-state index contributed by atoms with van der Waals surface area (Å²) in [6.07, 6.45) is 6.66. The van der Waals surface area contributed by atoms with Crippen LogP contribution in [0.4, 0.5) is 0 Å². The lowest BCUT2D eigenvalue weighted by atomic mass is 9.99. The van der Waals surface area contributed by atoms with Crippen molar-refractivity contribution >= 4 is 0 Å². The summed E-state index contributed by atoms with van der Waals surface area (Å²) in [5.41, 5.74) is 0. The number of aliphatic hydroxyl groups is 1. The molecule has 2 saturated heterocycles. The number of piperidine rings is 1. The van der Waals surface area contributed by atoms with E-state index in [-0.39, 0.29) is 0 Å². The van der Waals surface area contributed by atoms with E-state index in [0.717, 1.165) is 6.04 Å². The Morgan fingerprint density at radius 1 is 1.18 bits per heavy atom. The SMILES string of the molecule is CC1CCN(CCC2CCCCN2C)C1CO. The van der Waals surface area contributed by atoms with E-state index in [1.807, 2.05) is 0 Å². The highest BCUT2D eigenvalue weighted by atomic mass is 16.3. The largest absolute Gasteiger partial charge is 0.395 e. The molecule has 3 nitrogen and oxygen atoms in total. The third kappa shape index (κ3) is 3.21. The summed E-state index contributed by atoms with van der Waals surface area (Å²) in [4.78, 5) is 5.03. The zero-order valence-electron chi connectivity index (χ0n) is 11.4. The summed E-state index contributed by atoms with van der Waals surface area (Å²) < 4.78 is 0. The molecule has 100 valence electrons. The average Bonchev–Trinajstić information content (AvgIpc) is 2.69. The molecular formula is C14H28N2O. The zero-order chi connectivity index (χ0) is 12.3. The van der Waals surface area contributed by atoms with Crippen LogP contribution in [0.5, 0.6) is 0 Å². The number of likely N-dealkylation sites (tertiary alicyclic amines) is 2. The summed E-state index contributed by atoms with van der Waals surface area (Å²) in [6, 6.07) is 1.20. The first-order valence-corrected chi connectivity index (χ1v) is 7.27. The molecular weight excluding hydrogens is 212 g/mol. The van der Waals surface area contributed by atoms with Gasteiger partial charge in [-0.05, 0) is 51.7 Å². The highest BCUT2D eigenvalue weighted by molar-refractivity contribution is 4.85. The first kappa shape index (κ1) is 13.3. The van der Waals surface area contributed by atoms with Crippen molar-refractivity contribution in [1.29, 1.82) is 0 Å². The van der Waals surface area contributed by atoms with Crippen LogP contribution in [0.25, 0.3) is 0 Å². The van der Waals surface area contributed by atoms with Crippen LogP contribution >= 0.6 is 0 Å². The molecule has 2 aliphatic heterocycles. The minimum atomic E-state index is 0.335. The molecule has 2 fully saturated rings. The van der Waals surface area contributed by atoms with Crippen LogP contribution in [0.1, 0.15) is 39.0 Å². The van der Waals surface area contributed by atoms with Crippen molar-refractivity contribution in [3.63, 3.8) is 0 Å². The molecule has 3 heteroatoms. The zero-order valence-corrected chi connectivity index (χ0v) is 11.4. The minimum Gasteiger partial charge on any atom is -0.395 e. The predicted molar refractivity (Wildman–Crippen MR) is 71.1 cm³/mol. The van der Waals surface area contributed by atoms with E-state index >= 15 is 0 Å². The van der Waals surface area contributed by atoms with Crippen molar-refractivity contribution < 1.29 is 5.11 Å². The van der Waals surface area contributed by atoms with Crippen molar-refractivity contribution in [3.05, 3.63) is 0 Å². The smallest absolute Gasteiger partial charge is 0.0589 e. The topological polar surface area (TPSA) is 26.7 Å². The monoisotopic (exact) mass is 240 g/mol. The van der Waals surface area contributed by atoms with Gasteiger partial charge in [0.2, 0.25) is 0 Å². The number of hydrogen-bond acceptors (Lipinski definition) is 3. The predicted octanol–water partition coefficient (Wildman–Crippen LogP) is 1.56. The second kappa shape index (κ2) is 6.17. The molecule has 0 bridgehead atoms. The number of hydrogen-bond donors (Lipinski definition) is 1. The quantitative estimate of drug-likeness (QED) is 0.808. The van der Waals surface area contributed by atoms with E-state index in [1.165, 1.54) is 51.7 Å². The Morgan fingerprint density at radius 2 is 2.00 bits per heavy atom. The fourth-order valence-electron chi connectivity index (χ4n) is 3.48. The Labute approximate surface area is 106 Å². The molecule has 0 spiro atoms. The van der Waals surface area contributed by atoms with Crippen LogP contribution in [0.15, 0.2) is 0 Å². The third-order valence-corrected chi connectivity index (χ3v) is 4.86. The van der Waals surface area contributed by atoms with Crippen LogP contribution in [0.2, 0.25) is 0 Å². The van der Waals surface area contributed by atoms with Crippen molar-refractivity contribution in [2.45, 2.75) is 51.1 Å². The van der Waals surface area contributed by atoms with Gasteiger partial charge in [-0.2, -0.15) is 0 Å². The molecule has 0 aliphatic carbocycles. The van der Waals surface area contributed by atoms with E-state index < -0.39 is 0 Å². The van der Waals surface area contributed by atoms with Crippen LogP contribution in [-0.2, 0) is 0 Å². The van der Waals surface area contributed by atoms with E-state index in [0.29, 0.717) is 18.6 Å². The minimum absolute atomic E-state index is 0.335. The molecule has 0 aromatic carbocycles. The number of aliphatic hydroxyl groups excluding tert-OH is 1. The van der Waals surface area contributed by atoms with Gasteiger partial charge in [0.1, 0.15) is 0 Å². The Bertz CT molecular complexity index is 234. The molecule has 3 atom stereocenters. The Balaban J connectivity index is 1.77. The highest BCUT2D eigenvalue weighted by Gasteiger charge is 2.31. The molecule has 0 saturated carbocycles. The average molecular weight is 240 g/mol. The molecule has 0 aromatic rings. The van der Waals surface area contributed by atoms with Gasteiger partial charge in [0.25, 0.3) is 0 Å². The third-order valence-electron chi connectivity index (χ3n) is 4.86. The van der Waals surface area contributed by atoms with Crippen LogP contribution in [-0.4, -0.2) is 60.3 Å². The standard InChI is InChI=1S/C14H28N2O/c1-12-6-9-16(14(12)11-17)10-7-13-5-3-4-8-15(13)2/h12-14,17H,3-11H2,1-2H3. The summed E-state index contributed by atoms with van der Waals surface area (Å²) in [5.74, 6) is 0.670. The Morgan fingerprint density at radius 3 is 2.71 bits per heavy atom. The number of nitrogens with zero attached hydrogens (tertiary/aromatic N) is 2. The number of rotatable bonds is 4. The lowest BCUT2D eigenvalue weighted by Gasteiger charge is -2.34. The van der Waals surface area contributed by atoms with Gasteiger partial charge in [-0.15, -0.1) is 0 Å². The highest BCUT2D eigenvalue weighted by Crippen LogP contribution is 2.25. The van der Waals surface area contributed by atoms with Gasteiger partial charge < -0.3 is 10.0 Å². The van der Waals surface area contributed by atoms with Crippen molar-refractivity contribution in [3.8, 4) is 0 Å². The summed E-state index contributed by atoms with van der Waals surface area (Å²) in [5, 5.41) is 9.44. The maximum atomic E-state index is 9.44. The van der Waals surface area contributed by atoms with Crippen molar-refractivity contribution in [2.24, 2.45) is 5.92 Å². The first-order chi connectivity index (χ1) is 8.22. The molecule has 0 radical (unpaired) electrons. The van der Waals surface area contributed by atoms with Gasteiger partial charge in [-0.1, -0.05) is 13.3 Å². The fraction of sp³-hybridized carbons (Fsp3) is 1.00. The lowest BCUT2D eigenvalue weighted by Crippen LogP contribution is -2.41. The molecule has 2 aliphatic rings. The van der Waals surface area contributed by atoms with Crippen LogP contribution in [0, 0.1) is 5.92 Å². The van der Waals surface area contributed by atoms with E-state index in [1.54, 1.807) is 0 Å². The molecule has 0 amide bonds. The van der Waals surface area contributed by atoms with Gasteiger partial charge in [-0.3, -0.25) is 4.90 Å². The maximum Gasteiger partial charge on any atom is 0.0589 e. The van der Waals surface area contributed by atoms with Crippen LogP contribution < -0.4 is 0 Å². The van der Waals surface area contributed by atoms with E-state index in [9.17, 15) is 5.11 Å². The molecule has 2 heterocycles. The Kier molecular flexibility index (Phi) is 4.83.